The maximum Gasteiger partial charge on any atom is 0.472 e. The Bertz CT molecular complexity index is 1930. The molecule has 0 amide bonds. The average Bonchev–Trinajstić information content (AvgIpc) is 3.50. The van der Waals surface area contributed by atoms with Crippen LogP contribution in [-0.4, -0.2) is 66.5 Å². The van der Waals surface area contributed by atoms with E-state index in [1.54, 1.807) is 0 Å². The number of unbranched alkanes of at least 4 members (excludes halogenated alkanes) is 16. The number of rotatable bonds is 57. The molecular weight excluding hydrogens is 1050 g/mol. The van der Waals surface area contributed by atoms with Crippen LogP contribution in [-0.2, 0) is 42.2 Å². The van der Waals surface area contributed by atoms with Crippen LogP contribution in [0.2, 0.25) is 0 Å². The maximum absolute atomic E-state index is 13.0. The van der Waals surface area contributed by atoms with Crippen molar-refractivity contribution < 1.29 is 52.2 Å². The fourth-order valence-corrected chi connectivity index (χ4v) is 8.75. The Hall–Kier alpha value is -4.64. The molecule has 0 aromatic rings. The van der Waals surface area contributed by atoms with Crippen molar-refractivity contribution >= 4 is 25.7 Å². The van der Waals surface area contributed by atoms with Crippen molar-refractivity contribution in [2.45, 2.75) is 251 Å². The van der Waals surface area contributed by atoms with Crippen LogP contribution in [0, 0.1) is 0 Å². The predicted molar refractivity (Wildman–Crippen MR) is 343 cm³/mol. The summed E-state index contributed by atoms with van der Waals surface area (Å²) >= 11 is 0. The van der Waals surface area contributed by atoms with Crippen LogP contribution in [0.5, 0.6) is 0 Å². The van der Waals surface area contributed by atoms with Gasteiger partial charge < -0.3 is 24.2 Å². The molecular formula is C70H113O11P. The lowest BCUT2D eigenvalue weighted by molar-refractivity contribution is -0.161. The molecule has 0 aliphatic carbocycles. The molecule has 0 rings (SSSR count). The van der Waals surface area contributed by atoms with E-state index >= 15 is 0 Å². The normalized spacial score (nSPS) is 14.3. The monoisotopic (exact) mass is 1160 g/mol. The summed E-state index contributed by atoms with van der Waals surface area (Å²) in [5, 5.41) is 9.85. The summed E-state index contributed by atoms with van der Waals surface area (Å²) in [6.45, 7) is 4.31. The van der Waals surface area contributed by atoms with Gasteiger partial charge in [0.25, 0.3) is 0 Å². The first-order valence-electron chi connectivity index (χ1n) is 31.7. The van der Waals surface area contributed by atoms with Gasteiger partial charge >= 0.3 is 25.7 Å². The van der Waals surface area contributed by atoms with E-state index < -0.39 is 57.8 Å². The molecule has 3 atom stereocenters. The molecule has 0 radical (unpaired) electrons. The van der Waals surface area contributed by atoms with Crippen molar-refractivity contribution in [3.8, 4) is 0 Å². The molecule has 2 N–H and O–H groups in total. The Morgan fingerprint density at radius 3 is 0.988 bits per heavy atom. The second-order valence-electron chi connectivity index (χ2n) is 20.5. The Morgan fingerprint density at radius 1 is 0.354 bits per heavy atom. The smallest absolute Gasteiger partial charge is 0.462 e. The van der Waals surface area contributed by atoms with E-state index in [0.29, 0.717) is 19.3 Å². The topological polar surface area (TPSA) is 155 Å². The van der Waals surface area contributed by atoms with Gasteiger partial charge in [-0.2, -0.15) is 0 Å². The standard InChI is InChI=1S/C70H113O11P/c1-4-7-10-13-16-19-22-25-28-31-33-36-38-41-44-47-50-53-56-59-68(72)77-63-67(81-70(74)61-58-55-52-49-46-43-40-37-34-32-29-26-23-20-17-14-11-8-5-2)65-79-82(75,76)78-64-66(62-71)80-69(73)60-57-54-51-48-45-42-39-35-30-27-24-21-18-15-12-9-6-3/h8-9,11-12,16-21,25-30,33-34,36-37,39,42-43,46,66-67,71H,4-7,10,13-15,22-24,31-32,35,38,40-41,44-45,47-65H2,1-3H3,(H,75,76)/b11-8-,12-9-,19-16-,20-17-,21-18-,28-25-,29-26-,30-27-,36-33-,37-34-,42-39-,46-43-. The molecule has 3 unspecified atom stereocenters. The van der Waals surface area contributed by atoms with Crippen LogP contribution in [0.1, 0.15) is 239 Å². The fraction of sp³-hybridized carbons (Fsp3) is 0.614. The molecule has 0 fully saturated rings. The van der Waals surface area contributed by atoms with E-state index in [-0.39, 0.29) is 25.9 Å². The van der Waals surface area contributed by atoms with Gasteiger partial charge in [0.1, 0.15) is 12.7 Å². The van der Waals surface area contributed by atoms with E-state index in [4.69, 9.17) is 23.3 Å². The molecule has 0 saturated heterocycles. The van der Waals surface area contributed by atoms with E-state index in [0.717, 1.165) is 154 Å². The molecule has 12 heteroatoms. The van der Waals surface area contributed by atoms with Gasteiger partial charge in [0.05, 0.1) is 19.8 Å². The number of hydrogen-bond donors (Lipinski definition) is 2. The molecule has 0 aliphatic heterocycles. The molecule has 0 saturated carbocycles. The number of ether oxygens (including phenoxy) is 3. The van der Waals surface area contributed by atoms with E-state index in [1.165, 1.54) is 25.7 Å². The zero-order valence-corrected chi connectivity index (χ0v) is 52.3. The summed E-state index contributed by atoms with van der Waals surface area (Å²) in [4.78, 5) is 48.8. The molecule has 11 nitrogen and oxygen atoms in total. The minimum atomic E-state index is -4.78. The largest absolute Gasteiger partial charge is 0.472 e. The van der Waals surface area contributed by atoms with Gasteiger partial charge in [-0.3, -0.25) is 23.4 Å². The first-order valence-corrected chi connectivity index (χ1v) is 33.2. The van der Waals surface area contributed by atoms with Crippen LogP contribution < -0.4 is 0 Å². The Labute approximate surface area is 499 Å². The summed E-state index contributed by atoms with van der Waals surface area (Å²) in [7, 11) is -4.78. The number of phosphoric acid groups is 1. The number of carbonyl (C=O) groups is 3. The highest BCUT2D eigenvalue weighted by Gasteiger charge is 2.28. The summed E-state index contributed by atoms with van der Waals surface area (Å²) in [6.07, 6.45) is 80.8. The predicted octanol–water partition coefficient (Wildman–Crippen LogP) is 19.5. The van der Waals surface area contributed by atoms with Crippen molar-refractivity contribution in [3.05, 3.63) is 146 Å². The van der Waals surface area contributed by atoms with Gasteiger partial charge in [0.15, 0.2) is 6.10 Å². The van der Waals surface area contributed by atoms with Crippen LogP contribution in [0.4, 0.5) is 0 Å². The number of hydrogen-bond acceptors (Lipinski definition) is 10. The molecule has 0 spiro atoms. The minimum absolute atomic E-state index is 0.115. The Balaban J connectivity index is 4.84. The van der Waals surface area contributed by atoms with Crippen molar-refractivity contribution in [2.24, 2.45) is 0 Å². The minimum Gasteiger partial charge on any atom is -0.462 e. The highest BCUT2D eigenvalue weighted by molar-refractivity contribution is 7.47. The van der Waals surface area contributed by atoms with Crippen molar-refractivity contribution in [1.82, 2.24) is 0 Å². The Morgan fingerprint density at radius 2 is 0.634 bits per heavy atom. The van der Waals surface area contributed by atoms with E-state index in [9.17, 15) is 28.9 Å². The lowest BCUT2D eigenvalue weighted by atomic mass is 10.1. The number of phosphoric ester groups is 1. The number of carbonyl (C=O) groups excluding carboxylic acids is 3. The van der Waals surface area contributed by atoms with Crippen molar-refractivity contribution in [1.29, 1.82) is 0 Å². The highest BCUT2D eigenvalue weighted by atomic mass is 31.2. The lowest BCUT2D eigenvalue weighted by Gasteiger charge is -2.21. The first kappa shape index (κ1) is 77.4. The summed E-state index contributed by atoms with van der Waals surface area (Å²) in [6, 6.07) is 0. The highest BCUT2D eigenvalue weighted by Crippen LogP contribution is 2.43. The lowest BCUT2D eigenvalue weighted by Crippen LogP contribution is -2.30. The van der Waals surface area contributed by atoms with Gasteiger partial charge in [-0.25, -0.2) is 4.57 Å². The third kappa shape index (κ3) is 60.0. The molecule has 0 aromatic heterocycles. The molecule has 0 bridgehead atoms. The van der Waals surface area contributed by atoms with Gasteiger partial charge in [-0.05, 0) is 141 Å². The van der Waals surface area contributed by atoms with Crippen LogP contribution in [0.15, 0.2) is 146 Å². The second-order valence-corrected chi connectivity index (χ2v) is 21.9. The number of esters is 3. The van der Waals surface area contributed by atoms with Crippen LogP contribution in [0.25, 0.3) is 0 Å². The number of allylic oxidation sites excluding steroid dienone is 24. The zero-order chi connectivity index (χ0) is 59.8. The van der Waals surface area contributed by atoms with E-state index in [1.807, 2.05) is 0 Å². The zero-order valence-electron chi connectivity index (χ0n) is 51.4. The van der Waals surface area contributed by atoms with Crippen LogP contribution >= 0.6 is 7.82 Å². The van der Waals surface area contributed by atoms with Gasteiger partial charge in [0, 0.05) is 19.3 Å². The molecule has 464 valence electrons. The van der Waals surface area contributed by atoms with Crippen molar-refractivity contribution in [3.63, 3.8) is 0 Å². The van der Waals surface area contributed by atoms with Gasteiger partial charge in [-0.15, -0.1) is 0 Å². The average molecular weight is 1160 g/mol. The quantitative estimate of drug-likeness (QED) is 0.0197. The summed E-state index contributed by atoms with van der Waals surface area (Å²) < 4.78 is 39.6. The number of aliphatic hydroxyl groups excluding tert-OH is 1. The van der Waals surface area contributed by atoms with Gasteiger partial charge in [-0.1, -0.05) is 224 Å². The third-order valence-corrected chi connectivity index (χ3v) is 13.7. The summed E-state index contributed by atoms with van der Waals surface area (Å²) in [5.41, 5.74) is 0. The third-order valence-electron chi connectivity index (χ3n) is 12.7. The van der Waals surface area contributed by atoms with E-state index in [2.05, 4.69) is 167 Å². The summed E-state index contributed by atoms with van der Waals surface area (Å²) in [5.74, 6) is -1.56. The van der Waals surface area contributed by atoms with Crippen molar-refractivity contribution in [2.75, 3.05) is 26.4 Å². The fourth-order valence-electron chi connectivity index (χ4n) is 7.97. The maximum atomic E-state index is 13.0. The second kappa shape index (κ2) is 62.4. The molecule has 0 heterocycles. The first-order chi connectivity index (χ1) is 40.2. The molecule has 0 aromatic carbocycles. The van der Waals surface area contributed by atoms with Gasteiger partial charge in [0.2, 0.25) is 0 Å². The SMILES string of the molecule is CC/C=C\C/C=C\C/C=C\C/C=C\C/C=C\CCCCCC(=O)OC(COC(=O)CCCCCCCC/C=C\C/C=C\C/C=C\CCCCC)COP(=O)(O)OCC(CO)OC(=O)CCCCCC/C=C\C/C=C\C/C=C\C/C=C\CC. The van der Waals surface area contributed by atoms with Crippen LogP contribution in [0.3, 0.4) is 0 Å². The molecule has 82 heavy (non-hydrogen) atoms. The Kier molecular flexibility index (Phi) is 58.9. The number of aliphatic hydroxyl groups is 1. The molecule has 0 aliphatic rings.